The number of aromatic amines is 1. The number of nitrogens with one attached hydrogen (secondary N) is 3. The number of rotatable bonds is 6. The minimum atomic E-state index is -0.245. The molecule has 0 atom stereocenters. The van der Waals surface area contributed by atoms with Crippen LogP contribution in [0.3, 0.4) is 0 Å². The van der Waals surface area contributed by atoms with Gasteiger partial charge in [0.2, 0.25) is 0 Å². The standard InChI is InChI=1S/C27H25N5O2/c1-18-15-19(2)29-20(16-18)10-12-25-22-11-9-21(17-26(22)32-31-25)30-24-8-4-3-7-23(24)27(34)28-13-5-6-14-33/h3-4,7-12,15-17,30,33H,13-14H2,1-2H3,(H,28,34)(H,31,32)/b12-10+. The topological polar surface area (TPSA) is 103 Å². The van der Waals surface area contributed by atoms with Crippen molar-refractivity contribution >= 4 is 40.3 Å². The fourth-order valence-electron chi connectivity index (χ4n) is 3.65. The summed E-state index contributed by atoms with van der Waals surface area (Å²) < 4.78 is 0. The molecule has 4 aromatic rings. The van der Waals surface area contributed by atoms with Crippen molar-refractivity contribution in [2.45, 2.75) is 13.8 Å². The van der Waals surface area contributed by atoms with Crippen LogP contribution in [-0.4, -0.2) is 39.3 Å². The average Bonchev–Trinajstić information content (AvgIpc) is 3.22. The van der Waals surface area contributed by atoms with Crippen LogP contribution < -0.4 is 10.6 Å². The molecule has 0 radical (unpaired) electrons. The molecule has 34 heavy (non-hydrogen) atoms. The van der Waals surface area contributed by atoms with Crippen LogP contribution in [-0.2, 0) is 0 Å². The lowest BCUT2D eigenvalue weighted by Crippen LogP contribution is -2.24. The molecule has 0 aliphatic carbocycles. The second kappa shape index (κ2) is 10.5. The van der Waals surface area contributed by atoms with Crippen molar-refractivity contribution in [3.05, 3.63) is 82.8 Å². The van der Waals surface area contributed by atoms with E-state index < -0.39 is 0 Å². The van der Waals surface area contributed by atoms with Crippen LogP contribution >= 0.6 is 0 Å². The van der Waals surface area contributed by atoms with Gasteiger partial charge < -0.3 is 15.7 Å². The van der Waals surface area contributed by atoms with Crippen molar-refractivity contribution in [1.82, 2.24) is 20.5 Å². The highest BCUT2D eigenvalue weighted by molar-refractivity contribution is 6.00. The van der Waals surface area contributed by atoms with Crippen molar-refractivity contribution < 1.29 is 9.90 Å². The molecule has 0 aliphatic rings. The van der Waals surface area contributed by atoms with E-state index in [-0.39, 0.29) is 19.1 Å². The number of aromatic nitrogens is 3. The van der Waals surface area contributed by atoms with E-state index in [1.165, 1.54) is 5.56 Å². The zero-order chi connectivity index (χ0) is 23.9. The number of fused-ring (bicyclic) bond motifs is 1. The summed E-state index contributed by atoms with van der Waals surface area (Å²) in [6, 6.07) is 17.2. The van der Waals surface area contributed by atoms with Crippen LogP contribution in [0.4, 0.5) is 11.4 Å². The number of anilines is 2. The lowest BCUT2D eigenvalue weighted by Gasteiger charge is -2.11. The molecule has 0 unspecified atom stereocenters. The normalized spacial score (nSPS) is 10.8. The van der Waals surface area contributed by atoms with E-state index in [1.54, 1.807) is 12.1 Å². The SMILES string of the molecule is Cc1cc(C)nc(/C=C/c2n[nH]c3cc(Nc4ccccc4C(=O)NCC#CCO)ccc23)c1. The molecule has 0 fully saturated rings. The highest BCUT2D eigenvalue weighted by Gasteiger charge is 2.11. The number of aliphatic hydroxyl groups is 1. The Labute approximate surface area is 197 Å². The van der Waals surface area contributed by atoms with Gasteiger partial charge >= 0.3 is 0 Å². The number of hydrogen-bond acceptors (Lipinski definition) is 5. The summed E-state index contributed by atoms with van der Waals surface area (Å²) in [4.78, 5) is 17.1. The van der Waals surface area contributed by atoms with Gasteiger partial charge in [-0.2, -0.15) is 5.10 Å². The number of nitrogens with zero attached hydrogens (tertiary/aromatic N) is 2. The van der Waals surface area contributed by atoms with Crippen molar-refractivity contribution in [3.63, 3.8) is 0 Å². The molecule has 0 spiro atoms. The largest absolute Gasteiger partial charge is 0.384 e. The van der Waals surface area contributed by atoms with Crippen LogP contribution in [0.2, 0.25) is 0 Å². The van der Waals surface area contributed by atoms with E-state index in [2.05, 4.69) is 44.6 Å². The third-order valence-corrected chi connectivity index (χ3v) is 5.11. The van der Waals surface area contributed by atoms with Gasteiger partial charge in [-0.05, 0) is 74.0 Å². The zero-order valence-electron chi connectivity index (χ0n) is 19.0. The fourth-order valence-corrected chi connectivity index (χ4v) is 3.65. The van der Waals surface area contributed by atoms with Crippen LogP contribution in [0.25, 0.3) is 23.1 Å². The summed E-state index contributed by atoms with van der Waals surface area (Å²) in [5, 5.41) is 23.3. The van der Waals surface area contributed by atoms with Gasteiger partial charge in [-0.25, -0.2) is 0 Å². The average molecular weight is 452 g/mol. The second-order valence-corrected chi connectivity index (χ2v) is 7.78. The van der Waals surface area contributed by atoms with Crippen LogP contribution in [0.15, 0.2) is 54.6 Å². The lowest BCUT2D eigenvalue weighted by atomic mass is 10.1. The summed E-state index contributed by atoms with van der Waals surface area (Å²) >= 11 is 0. The minimum Gasteiger partial charge on any atom is -0.384 e. The Kier molecular flexibility index (Phi) is 7.01. The number of benzene rings is 2. The molecule has 7 heteroatoms. The summed E-state index contributed by atoms with van der Waals surface area (Å²) in [5.41, 5.74) is 6.74. The Morgan fingerprint density at radius 3 is 2.76 bits per heavy atom. The summed E-state index contributed by atoms with van der Waals surface area (Å²) in [6.07, 6.45) is 3.91. The molecule has 1 amide bonds. The van der Waals surface area contributed by atoms with Gasteiger partial charge in [0.1, 0.15) is 6.61 Å². The first-order chi connectivity index (χ1) is 16.5. The molecule has 170 valence electrons. The number of carbonyl (C=O) groups excluding carboxylic acids is 1. The second-order valence-electron chi connectivity index (χ2n) is 7.78. The molecular weight excluding hydrogens is 426 g/mol. The molecule has 2 heterocycles. The van der Waals surface area contributed by atoms with Gasteiger partial charge in [0.05, 0.1) is 34.7 Å². The van der Waals surface area contributed by atoms with Crippen LogP contribution in [0.1, 0.15) is 33.0 Å². The van der Waals surface area contributed by atoms with Gasteiger partial charge in [-0.15, -0.1) is 0 Å². The maximum atomic E-state index is 12.6. The Balaban J connectivity index is 1.53. The maximum absolute atomic E-state index is 12.6. The van der Waals surface area contributed by atoms with Gasteiger partial charge in [0, 0.05) is 16.8 Å². The van der Waals surface area contributed by atoms with Gasteiger partial charge in [0.15, 0.2) is 0 Å². The first-order valence-electron chi connectivity index (χ1n) is 10.9. The van der Waals surface area contributed by atoms with Crippen molar-refractivity contribution in [1.29, 1.82) is 0 Å². The number of hydrogen-bond donors (Lipinski definition) is 4. The van der Waals surface area contributed by atoms with E-state index in [0.717, 1.165) is 33.7 Å². The zero-order valence-corrected chi connectivity index (χ0v) is 19.0. The Morgan fingerprint density at radius 2 is 1.94 bits per heavy atom. The van der Waals surface area contributed by atoms with Crippen LogP contribution in [0.5, 0.6) is 0 Å². The van der Waals surface area contributed by atoms with Crippen molar-refractivity contribution in [2.24, 2.45) is 0 Å². The predicted octanol–water partition coefficient (Wildman–Crippen LogP) is 4.21. The molecule has 0 aliphatic heterocycles. The van der Waals surface area contributed by atoms with E-state index in [4.69, 9.17) is 5.11 Å². The summed E-state index contributed by atoms with van der Waals surface area (Å²) in [7, 11) is 0. The first-order valence-corrected chi connectivity index (χ1v) is 10.9. The highest BCUT2D eigenvalue weighted by atomic mass is 16.2. The third kappa shape index (κ3) is 5.49. The molecule has 2 aromatic carbocycles. The number of H-pyrrole nitrogens is 1. The number of carbonyl (C=O) groups is 1. The van der Waals surface area contributed by atoms with Crippen LogP contribution in [0, 0.1) is 25.7 Å². The quantitative estimate of drug-likeness (QED) is 0.329. The predicted molar refractivity (Wildman–Crippen MR) is 136 cm³/mol. The molecule has 7 nitrogen and oxygen atoms in total. The number of amides is 1. The molecule has 0 saturated carbocycles. The van der Waals surface area contributed by atoms with E-state index in [9.17, 15) is 4.79 Å². The Hall–Kier alpha value is -4.41. The van der Waals surface area contributed by atoms with E-state index >= 15 is 0 Å². The Bertz CT molecular complexity index is 1410. The van der Waals surface area contributed by atoms with Crippen molar-refractivity contribution in [3.8, 4) is 11.8 Å². The van der Waals surface area contributed by atoms with Gasteiger partial charge in [-0.3, -0.25) is 14.9 Å². The number of aryl methyl sites for hydroxylation is 2. The highest BCUT2D eigenvalue weighted by Crippen LogP contribution is 2.26. The molecule has 4 rings (SSSR count). The number of para-hydroxylation sites is 1. The molecule has 0 bridgehead atoms. The molecule has 2 aromatic heterocycles. The minimum absolute atomic E-state index is 0.168. The third-order valence-electron chi connectivity index (χ3n) is 5.11. The van der Waals surface area contributed by atoms with E-state index in [1.807, 2.05) is 61.5 Å². The Morgan fingerprint density at radius 1 is 1.09 bits per heavy atom. The monoisotopic (exact) mass is 451 g/mol. The van der Waals surface area contributed by atoms with E-state index in [0.29, 0.717) is 11.3 Å². The molecule has 0 saturated heterocycles. The molecular formula is C27H25N5O2. The van der Waals surface area contributed by atoms with Crippen molar-refractivity contribution in [2.75, 3.05) is 18.5 Å². The number of pyridine rings is 1. The maximum Gasteiger partial charge on any atom is 0.254 e. The number of aliphatic hydroxyl groups excluding tert-OH is 1. The van der Waals surface area contributed by atoms with Gasteiger partial charge in [0.25, 0.3) is 5.91 Å². The lowest BCUT2D eigenvalue weighted by molar-refractivity contribution is 0.0959. The smallest absolute Gasteiger partial charge is 0.254 e. The summed E-state index contributed by atoms with van der Waals surface area (Å²) in [6.45, 7) is 3.97. The summed E-state index contributed by atoms with van der Waals surface area (Å²) in [5.74, 6) is 4.94. The van der Waals surface area contributed by atoms with Gasteiger partial charge in [-0.1, -0.05) is 24.0 Å². The fraction of sp³-hybridized carbons (Fsp3) is 0.148. The molecule has 4 N–H and O–H groups in total. The first kappa shape index (κ1) is 22.8.